The monoisotopic (exact) mass is 205 g/mol. The molecule has 3 aromatic rings. The van der Waals surface area contributed by atoms with Crippen LogP contribution < -0.4 is 0 Å². The minimum Gasteiger partial charge on any atom is -0.264 e. The van der Waals surface area contributed by atoms with Crippen LogP contribution in [0, 0.1) is 6.07 Å². The Morgan fingerprint density at radius 1 is 1.00 bits per heavy atom. The van der Waals surface area contributed by atoms with Crippen molar-refractivity contribution in [1.82, 2.24) is 9.97 Å². The normalized spacial score (nSPS) is 10.5. The van der Waals surface area contributed by atoms with E-state index < -0.39 is 0 Å². The van der Waals surface area contributed by atoms with Crippen molar-refractivity contribution in [2.24, 2.45) is 0 Å². The molecule has 0 amide bonds. The maximum absolute atomic E-state index is 4.57. The Bertz CT molecular complexity index is 618. The van der Waals surface area contributed by atoms with Crippen LogP contribution in [0.5, 0.6) is 0 Å². The molecule has 0 bridgehead atoms. The molecule has 0 aliphatic rings. The summed E-state index contributed by atoms with van der Waals surface area (Å²) >= 11 is 0. The zero-order valence-corrected chi connectivity index (χ0v) is 8.59. The lowest BCUT2D eigenvalue weighted by molar-refractivity contribution is 1.30. The summed E-state index contributed by atoms with van der Waals surface area (Å²) in [5.41, 5.74) is 2.89. The number of aromatic nitrogens is 2. The van der Waals surface area contributed by atoms with Gasteiger partial charge < -0.3 is 0 Å². The van der Waals surface area contributed by atoms with Gasteiger partial charge in [0.1, 0.15) is 0 Å². The number of hydrogen-bond donors (Lipinski definition) is 0. The quantitative estimate of drug-likeness (QED) is 0.610. The Morgan fingerprint density at radius 3 is 2.81 bits per heavy atom. The summed E-state index contributed by atoms with van der Waals surface area (Å²) in [5, 5.41) is 1.04. The van der Waals surface area contributed by atoms with E-state index in [0.717, 1.165) is 22.2 Å². The first-order valence-electron chi connectivity index (χ1n) is 5.11. The highest BCUT2D eigenvalue weighted by molar-refractivity contribution is 5.80. The van der Waals surface area contributed by atoms with Crippen LogP contribution >= 0.6 is 0 Å². The average Bonchev–Trinajstić information content (AvgIpc) is 2.39. The molecular weight excluding hydrogens is 196 g/mol. The number of nitrogens with zero attached hydrogens (tertiary/aromatic N) is 2. The molecule has 0 fully saturated rings. The lowest BCUT2D eigenvalue weighted by Gasteiger charge is -2.01. The highest BCUT2D eigenvalue weighted by Crippen LogP contribution is 2.19. The van der Waals surface area contributed by atoms with E-state index in [1.807, 2.05) is 48.7 Å². The largest absolute Gasteiger partial charge is 0.264 e. The third-order valence-corrected chi connectivity index (χ3v) is 2.47. The molecule has 1 radical (unpaired) electrons. The maximum atomic E-state index is 4.57. The highest BCUT2D eigenvalue weighted by atomic mass is 14.7. The molecule has 2 aromatic heterocycles. The molecule has 1 aromatic carbocycles. The standard InChI is InChI=1S/C14H9N2/c1-2-6-13-11(4-1)7-8-14(16-13)12-5-3-9-15-10-12/h1-6,8-10H. The zero-order chi connectivity index (χ0) is 10.8. The fourth-order valence-corrected chi connectivity index (χ4v) is 1.66. The predicted octanol–water partition coefficient (Wildman–Crippen LogP) is 3.10. The van der Waals surface area contributed by atoms with Crippen molar-refractivity contribution in [3.63, 3.8) is 0 Å². The van der Waals surface area contributed by atoms with E-state index in [1.165, 1.54) is 0 Å². The van der Waals surface area contributed by atoms with E-state index in [2.05, 4.69) is 16.0 Å². The minimum absolute atomic E-state index is 0.909. The van der Waals surface area contributed by atoms with Gasteiger partial charge in [0.2, 0.25) is 0 Å². The summed E-state index contributed by atoms with van der Waals surface area (Å²) in [5.74, 6) is 0. The summed E-state index contributed by atoms with van der Waals surface area (Å²) in [6.07, 6.45) is 3.57. The van der Waals surface area contributed by atoms with Crippen LogP contribution in [0.2, 0.25) is 0 Å². The average molecular weight is 205 g/mol. The molecule has 2 heteroatoms. The third-order valence-electron chi connectivity index (χ3n) is 2.47. The molecule has 0 saturated heterocycles. The Labute approximate surface area is 93.6 Å². The van der Waals surface area contributed by atoms with E-state index in [9.17, 15) is 0 Å². The first-order chi connectivity index (χ1) is 7.93. The van der Waals surface area contributed by atoms with Gasteiger partial charge in [-0.3, -0.25) is 4.98 Å². The predicted molar refractivity (Wildman–Crippen MR) is 63.8 cm³/mol. The smallest absolute Gasteiger partial charge is 0.0731 e. The van der Waals surface area contributed by atoms with Crippen molar-refractivity contribution in [3.05, 3.63) is 60.9 Å². The fourth-order valence-electron chi connectivity index (χ4n) is 1.66. The van der Waals surface area contributed by atoms with Crippen molar-refractivity contribution >= 4 is 10.9 Å². The van der Waals surface area contributed by atoms with Crippen LogP contribution in [0.4, 0.5) is 0 Å². The van der Waals surface area contributed by atoms with Gasteiger partial charge in [-0.05, 0) is 30.3 Å². The lowest BCUT2D eigenvalue weighted by atomic mass is 10.1. The number of para-hydroxylation sites is 1. The molecule has 0 N–H and O–H groups in total. The summed E-state index contributed by atoms with van der Waals surface area (Å²) < 4.78 is 0. The molecule has 0 aliphatic heterocycles. The Balaban J connectivity index is 2.19. The van der Waals surface area contributed by atoms with Crippen LogP contribution in [-0.2, 0) is 0 Å². The molecule has 3 rings (SSSR count). The summed E-state index contributed by atoms with van der Waals surface area (Å²) in [4.78, 5) is 8.66. The van der Waals surface area contributed by atoms with Crippen LogP contribution in [-0.4, -0.2) is 9.97 Å². The Morgan fingerprint density at radius 2 is 1.94 bits per heavy atom. The maximum Gasteiger partial charge on any atom is 0.0731 e. The van der Waals surface area contributed by atoms with Crippen molar-refractivity contribution in [1.29, 1.82) is 0 Å². The molecule has 2 nitrogen and oxygen atoms in total. The number of benzene rings is 1. The van der Waals surface area contributed by atoms with E-state index in [-0.39, 0.29) is 0 Å². The van der Waals surface area contributed by atoms with E-state index in [4.69, 9.17) is 0 Å². The first-order valence-corrected chi connectivity index (χ1v) is 5.11. The molecule has 0 unspecified atom stereocenters. The highest BCUT2D eigenvalue weighted by Gasteiger charge is 2.00. The van der Waals surface area contributed by atoms with Crippen molar-refractivity contribution < 1.29 is 0 Å². The number of pyridine rings is 2. The van der Waals surface area contributed by atoms with E-state index in [0.29, 0.717) is 0 Å². The molecule has 75 valence electrons. The van der Waals surface area contributed by atoms with Gasteiger partial charge in [0.25, 0.3) is 0 Å². The number of hydrogen-bond acceptors (Lipinski definition) is 2. The summed E-state index contributed by atoms with van der Waals surface area (Å²) in [7, 11) is 0. The van der Waals surface area contributed by atoms with Gasteiger partial charge in [0.05, 0.1) is 11.2 Å². The molecule has 2 heterocycles. The van der Waals surface area contributed by atoms with Gasteiger partial charge in [-0.2, -0.15) is 0 Å². The van der Waals surface area contributed by atoms with Crippen LogP contribution in [0.1, 0.15) is 0 Å². The van der Waals surface area contributed by atoms with Gasteiger partial charge >= 0.3 is 0 Å². The van der Waals surface area contributed by atoms with E-state index in [1.54, 1.807) is 6.20 Å². The van der Waals surface area contributed by atoms with Crippen LogP contribution in [0.25, 0.3) is 22.2 Å². The molecular formula is C14H9N2. The Hall–Kier alpha value is -2.22. The number of fused-ring (bicyclic) bond motifs is 1. The second-order valence-electron chi connectivity index (χ2n) is 3.54. The van der Waals surface area contributed by atoms with Crippen molar-refractivity contribution in [2.45, 2.75) is 0 Å². The molecule has 0 atom stereocenters. The SMILES string of the molecule is [c]1cc(-c2cccnc2)nc2ccccc12. The first kappa shape index (κ1) is 9.04. The molecule has 0 spiro atoms. The van der Waals surface area contributed by atoms with Crippen molar-refractivity contribution in [3.8, 4) is 11.3 Å². The van der Waals surface area contributed by atoms with Gasteiger partial charge in [0, 0.05) is 23.3 Å². The van der Waals surface area contributed by atoms with Gasteiger partial charge in [0.15, 0.2) is 0 Å². The topological polar surface area (TPSA) is 25.8 Å². The fraction of sp³-hybridized carbons (Fsp3) is 0. The van der Waals surface area contributed by atoms with Crippen LogP contribution in [0.3, 0.4) is 0 Å². The number of rotatable bonds is 1. The van der Waals surface area contributed by atoms with Crippen LogP contribution in [0.15, 0.2) is 54.9 Å². The third kappa shape index (κ3) is 1.54. The second-order valence-corrected chi connectivity index (χ2v) is 3.54. The second kappa shape index (κ2) is 3.74. The molecule has 0 aliphatic carbocycles. The van der Waals surface area contributed by atoms with Crippen molar-refractivity contribution in [2.75, 3.05) is 0 Å². The molecule has 0 saturated carbocycles. The van der Waals surface area contributed by atoms with E-state index >= 15 is 0 Å². The zero-order valence-electron chi connectivity index (χ0n) is 8.59. The minimum atomic E-state index is 0.909. The Kier molecular flexibility index (Phi) is 2.11. The molecule has 16 heavy (non-hydrogen) atoms. The van der Waals surface area contributed by atoms with Gasteiger partial charge in [-0.25, -0.2) is 4.98 Å². The van der Waals surface area contributed by atoms with Gasteiger partial charge in [-0.15, -0.1) is 0 Å². The summed E-state index contributed by atoms with van der Waals surface area (Å²) in [6, 6.07) is 17.0. The lowest BCUT2D eigenvalue weighted by Crippen LogP contribution is -1.85. The summed E-state index contributed by atoms with van der Waals surface area (Å²) in [6.45, 7) is 0. The van der Waals surface area contributed by atoms with Gasteiger partial charge in [-0.1, -0.05) is 18.2 Å².